The SMILES string of the molecule is Cl.NCC[C@@H](N)c1c(F)cc(Br)cc1F. The fourth-order valence-electron chi connectivity index (χ4n) is 1.23. The smallest absolute Gasteiger partial charge is 0.132 e. The van der Waals surface area contributed by atoms with Gasteiger partial charge in [0.1, 0.15) is 11.6 Å². The lowest BCUT2D eigenvalue weighted by molar-refractivity contribution is 0.514. The Balaban J connectivity index is 0.00000196. The standard InChI is InChI=1S/C9H11BrF2N2.ClH/c10-5-3-6(11)9(7(12)4-5)8(14)1-2-13;/h3-4,8H,1-2,13-14H2;1H/t8-;/m1./s1. The van der Waals surface area contributed by atoms with Gasteiger partial charge in [-0.05, 0) is 25.1 Å². The molecule has 4 N–H and O–H groups in total. The molecule has 0 aliphatic rings. The highest BCUT2D eigenvalue weighted by Crippen LogP contribution is 2.24. The second-order valence-corrected chi connectivity index (χ2v) is 3.88. The van der Waals surface area contributed by atoms with Crippen LogP contribution in [0.2, 0.25) is 0 Å². The Kier molecular flexibility index (Phi) is 6.28. The maximum Gasteiger partial charge on any atom is 0.132 e. The summed E-state index contributed by atoms with van der Waals surface area (Å²) in [7, 11) is 0. The van der Waals surface area contributed by atoms with E-state index in [0.29, 0.717) is 17.4 Å². The third kappa shape index (κ3) is 3.68. The molecule has 0 amide bonds. The zero-order valence-electron chi connectivity index (χ0n) is 7.84. The van der Waals surface area contributed by atoms with Crippen LogP contribution >= 0.6 is 28.3 Å². The summed E-state index contributed by atoms with van der Waals surface area (Å²) in [6.07, 6.45) is 0.357. The van der Waals surface area contributed by atoms with Crippen LogP contribution < -0.4 is 11.5 Å². The van der Waals surface area contributed by atoms with Crippen LogP contribution in [0.15, 0.2) is 16.6 Å². The van der Waals surface area contributed by atoms with Gasteiger partial charge in [0, 0.05) is 16.1 Å². The van der Waals surface area contributed by atoms with Gasteiger partial charge in [-0.1, -0.05) is 15.9 Å². The van der Waals surface area contributed by atoms with E-state index in [4.69, 9.17) is 11.5 Å². The summed E-state index contributed by atoms with van der Waals surface area (Å²) in [6, 6.07) is 1.69. The molecule has 0 fully saturated rings. The molecule has 1 aromatic rings. The summed E-state index contributed by atoms with van der Waals surface area (Å²) in [5, 5.41) is 0. The molecule has 1 atom stereocenters. The van der Waals surface area contributed by atoms with Gasteiger partial charge in [0.25, 0.3) is 0 Å². The molecular formula is C9H12BrClF2N2. The molecule has 15 heavy (non-hydrogen) atoms. The van der Waals surface area contributed by atoms with Crippen molar-refractivity contribution in [1.29, 1.82) is 0 Å². The van der Waals surface area contributed by atoms with E-state index in [1.165, 1.54) is 12.1 Å². The van der Waals surface area contributed by atoms with Gasteiger partial charge in [-0.25, -0.2) is 8.78 Å². The summed E-state index contributed by atoms with van der Waals surface area (Å²) in [5.41, 5.74) is 10.7. The maximum absolute atomic E-state index is 13.3. The first-order valence-electron chi connectivity index (χ1n) is 4.16. The van der Waals surface area contributed by atoms with E-state index in [0.717, 1.165) is 0 Å². The number of halogens is 4. The summed E-state index contributed by atoms with van der Waals surface area (Å²) in [5.74, 6) is -1.28. The van der Waals surface area contributed by atoms with Gasteiger partial charge in [0.15, 0.2) is 0 Å². The molecule has 2 nitrogen and oxygen atoms in total. The molecule has 0 saturated carbocycles. The van der Waals surface area contributed by atoms with Gasteiger partial charge in [0.05, 0.1) is 0 Å². The fraction of sp³-hybridized carbons (Fsp3) is 0.333. The minimum Gasteiger partial charge on any atom is -0.330 e. The lowest BCUT2D eigenvalue weighted by atomic mass is 10.0. The van der Waals surface area contributed by atoms with Crippen LogP contribution in [0, 0.1) is 11.6 Å². The van der Waals surface area contributed by atoms with Crippen molar-refractivity contribution in [3.05, 3.63) is 33.8 Å². The van der Waals surface area contributed by atoms with Gasteiger partial charge in [0.2, 0.25) is 0 Å². The molecule has 0 saturated heterocycles. The molecule has 1 rings (SSSR count). The van der Waals surface area contributed by atoms with Gasteiger partial charge >= 0.3 is 0 Å². The predicted octanol–water partition coefficient (Wildman–Crippen LogP) is 2.50. The molecule has 0 aliphatic heterocycles. The van der Waals surface area contributed by atoms with Crippen LogP contribution in [-0.2, 0) is 0 Å². The van der Waals surface area contributed by atoms with Crippen molar-refractivity contribution in [3.63, 3.8) is 0 Å². The Bertz CT molecular complexity index is 313. The monoisotopic (exact) mass is 300 g/mol. The fourth-order valence-corrected chi connectivity index (χ4v) is 1.63. The number of rotatable bonds is 3. The molecule has 0 aliphatic carbocycles. The first-order valence-corrected chi connectivity index (χ1v) is 4.95. The zero-order chi connectivity index (χ0) is 10.7. The minimum atomic E-state index is -0.687. The Morgan fingerprint density at radius 2 is 1.73 bits per heavy atom. The molecule has 0 bridgehead atoms. The van der Waals surface area contributed by atoms with Crippen molar-refractivity contribution in [2.75, 3.05) is 6.54 Å². The van der Waals surface area contributed by atoms with Gasteiger partial charge in [-0.3, -0.25) is 0 Å². The lowest BCUT2D eigenvalue weighted by Gasteiger charge is -2.12. The summed E-state index contributed by atoms with van der Waals surface area (Å²) >= 11 is 2.99. The first kappa shape index (κ1) is 14.8. The van der Waals surface area contributed by atoms with E-state index in [2.05, 4.69) is 15.9 Å². The topological polar surface area (TPSA) is 52.0 Å². The molecular weight excluding hydrogens is 289 g/mol. The molecule has 1 aromatic carbocycles. The van der Waals surface area contributed by atoms with E-state index in [1.807, 2.05) is 0 Å². The Morgan fingerprint density at radius 3 is 2.13 bits per heavy atom. The molecule has 6 heteroatoms. The summed E-state index contributed by atoms with van der Waals surface area (Å²) in [4.78, 5) is 0. The van der Waals surface area contributed by atoms with Crippen molar-refractivity contribution in [1.82, 2.24) is 0 Å². The highest BCUT2D eigenvalue weighted by molar-refractivity contribution is 9.10. The normalized spacial score (nSPS) is 12.1. The van der Waals surface area contributed by atoms with Crippen LogP contribution in [0.3, 0.4) is 0 Å². The van der Waals surface area contributed by atoms with Crippen molar-refractivity contribution in [3.8, 4) is 0 Å². The van der Waals surface area contributed by atoms with Gasteiger partial charge < -0.3 is 11.5 Å². The van der Waals surface area contributed by atoms with Crippen molar-refractivity contribution in [2.45, 2.75) is 12.5 Å². The van der Waals surface area contributed by atoms with Crippen LogP contribution in [0.4, 0.5) is 8.78 Å². The quantitative estimate of drug-likeness (QED) is 0.901. The predicted molar refractivity (Wildman–Crippen MR) is 61.9 cm³/mol. The molecule has 0 aromatic heterocycles. The van der Waals surface area contributed by atoms with E-state index in [-0.39, 0.29) is 18.0 Å². The Hall–Kier alpha value is -0.230. The van der Waals surface area contributed by atoms with Gasteiger partial charge in [-0.2, -0.15) is 0 Å². The second kappa shape index (κ2) is 6.37. The van der Waals surface area contributed by atoms with E-state index < -0.39 is 17.7 Å². The van der Waals surface area contributed by atoms with E-state index >= 15 is 0 Å². The van der Waals surface area contributed by atoms with Gasteiger partial charge in [-0.15, -0.1) is 12.4 Å². The third-order valence-electron chi connectivity index (χ3n) is 1.89. The van der Waals surface area contributed by atoms with Crippen LogP contribution in [0.25, 0.3) is 0 Å². The molecule has 0 heterocycles. The first-order chi connectivity index (χ1) is 6.56. The lowest BCUT2D eigenvalue weighted by Crippen LogP contribution is -2.18. The number of hydrogen-bond donors (Lipinski definition) is 2. The van der Waals surface area contributed by atoms with Crippen molar-refractivity contribution >= 4 is 28.3 Å². The molecule has 0 spiro atoms. The number of hydrogen-bond acceptors (Lipinski definition) is 2. The highest BCUT2D eigenvalue weighted by atomic mass is 79.9. The van der Waals surface area contributed by atoms with E-state index in [1.54, 1.807) is 0 Å². The average Bonchev–Trinajstić information content (AvgIpc) is 2.01. The maximum atomic E-state index is 13.3. The van der Waals surface area contributed by atoms with Crippen LogP contribution in [-0.4, -0.2) is 6.54 Å². The van der Waals surface area contributed by atoms with Crippen molar-refractivity contribution in [2.24, 2.45) is 11.5 Å². The average molecular weight is 302 g/mol. The summed E-state index contributed by atoms with van der Waals surface area (Å²) in [6.45, 7) is 0.302. The summed E-state index contributed by atoms with van der Waals surface area (Å²) < 4.78 is 26.9. The Morgan fingerprint density at radius 1 is 1.27 bits per heavy atom. The number of nitrogens with two attached hydrogens (primary N) is 2. The zero-order valence-corrected chi connectivity index (χ0v) is 10.2. The molecule has 86 valence electrons. The molecule has 0 unspecified atom stereocenters. The third-order valence-corrected chi connectivity index (χ3v) is 2.35. The largest absolute Gasteiger partial charge is 0.330 e. The van der Waals surface area contributed by atoms with E-state index in [9.17, 15) is 8.78 Å². The van der Waals surface area contributed by atoms with Crippen LogP contribution in [0.5, 0.6) is 0 Å². The van der Waals surface area contributed by atoms with Crippen LogP contribution in [0.1, 0.15) is 18.0 Å². The minimum absolute atomic E-state index is 0. The Labute approximate surface area is 102 Å². The van der Waals surface area contributed by atoms with Crippen molar-refractivity contribution < 1.29 is 8.78 Å². The molecule has 0 radical (unpaired) electrons. The number of benzene rings is 1. The highest BCUT2D eigenvalue weighted by Gasteiger charge is 2.16. The second-order valence-electron chi connectivity index (χ2n) is 2.97.